The zero-order valence-corrected chi connectivity index (χ0v) is 14.8. The summed E-state index contributed by atoms with van der Waals surface area (Å²) in [5.41, 5.74) is 1.98. The highest BCUT2D eigenvalue weighted by molar-refractivity contribution is 9.10. The molecule has 0 amide bonds. The number of benzene rings is 2. The Hall–Kier alpha value is -1.25. The summed E-state index contributed by atoms with van der Waals surface area (Å²) in [6, 6.07) is 15.2. The maximum atomic E-state index is 12.6. The van der Waals surface area contributed by atoms with Crippen molar-refractivity contribution >= 4 is 29.1 Å². The molecule has 2 rings (SSSR count). The Morgan fingerprint density at radius 3 is 2.29 bits per heavy atom. The maximum absolute atomic E-state index is 12.6. The molecule has 1 atom stereocenters. The van der Waals surface area contributed by atoms with Gasteiger partial charge >= 0.3 is 7.52 Å². The van der Waals surface area contributed by atoms with E-state index in [-0.39, 0.29) is 0 Å². The molecule has 0 saturated heterocycles. The molecule has 0 radical (unpaired) electrons. The van der Waals surface area contributed by atoms with Crippen molar-refractivity contribution in [2.75, 3.05) is 11.8 Å². The number of halogens is 1. The normalized spacial score (nSPS) is 13.8. The summed E-state index contributed by atoms with van der Waals surface area (Å²) < 4.78 is 19.0. The predicted molar refractivity (Wildman–Crippen MR) is 92.5 cm³/mol. The topological polar surface area (TPSA) is 38.3 Å². The van der Waals surface area contributed by atoms with Gasteiger partial charge in [-0.1, -0.05) is 38.1 Å². The molecule has 0 aromatic heterocycles. The molecule has 3 nitrogen and oxygen atoms in total. The fourth-order valence-electron chi connectivity index (χ4n) is 1.91. The van der Waals surface area contributed by atoms with E-state index in [4.69, 9.17) is 4.52 Å². The molecule has 0 spiro atoms. The summed E-state index contributed by atoms with van der Waals surface area (Å²) >= 11 is 3.42. The lowest BCUT2D eigenvalue weighted by Gasteiger charge is -2.18. The van der Waals surface area contributed by atoms with Gasteiger partial charge in [0.15, 0.2) is 0 Å². The third kappa shape index (κ3) is 4.62. The standard InChI is InChI=1S/C16H19BrNO2P/c1-12(2)13-8-10-14(11-9-13)20-21(3,19)18-16-7-5-4-6-15(16)17/h4-12H,1-3H3,(H,18,19). The minimum atomic E-state index is -2.98. The van der Waals surface area contributed by atoms with Crippen LogP contribution in [0, 0.1) is 0 Å². The number of hydrogen-bond acceptors (Lipinski definition) is 2. The predicted octanol–water partition coefficient (Wildman–Crippen LogP) is 5.89. The highest BCUT2D eigenvalue weighted by Gasteiger charge is 2.18. The molecule has 2 aromatic carbocycles. The summed E-state index contributed by atoms with van der Waals surface area (Å²) in [5.74, 6) is 1.07. The van der Waals surface area contributed by atoms with Crippen LogP contribution in [-0.4, -0.2) is 6.66 Å². The van der Waals surface area contributed by atoms with Gasteiger partial charge in [0.25, 0.3) is 0 Å². The number of hydrogen-bond donors (Lipinski definition) is 1. The lowest BCUT2D eigenvalue weighted by molar-refractivity contribution is 0.493. The van der Waals surface area contributed by atoms with Crippen LogP contribution in [0.25, 0.3) is 0 Å². The molecule has 0 fully saturated rings. The van der Waals surface area contributed by atoms with E-state index in [0.717, 1.165) is 10.2 Å². The molecule has 1 unspecified atom stereocenters. The van der Waals surface area contributed by atoms with Gasteiger partial charge in [0, 0.05) is 11.1 Å². The molecule has 2 aromatic rings. The SMILES string of the molecule is CC(C)c1ccc(OP(C)(=O)Nc2ccccc2Br)cc1. The van der Waals surface area contributed by atoms with Crippen LogP contribution in [0.2, 0.25) is 0 Å². The van der Waals surface area contributed by atoms with Gasteiger partial charge in [-0.05, 0) is 51.7 Å². The molecule has 0 bridgehead atoms. The molecule has 5 heteroatoms. The fourth-order valence-corrected chi connectivity index (χ4v) is 3.65. The molecule has 0 heterocycles. The molecule has 21 heavy (non-hydrogen) atoms. The molecular weight excluding hydrogens is 349 g/mol. The maximum Gasteiger partial charge on any atom is 0.338 e. The quantitative estimate of drug-likeness (QED) is 0.669. The monoisotopic (exact) mass is 367 g/mol. The molecule has 0 aliphatic carbocycles. The third-order valence-corrected chi connectivity index (χ3v) is 4.92. The second-order valence-electron chi connectivity index (χ2n) is 5.25. The van der Waals surface area contributed by atoms with E-state index in [2.05, 4.69) is 34.9 Å². The highest BCUT2D eigenvalue weighted by Crippen LogP contribution is 2.44. The summed E-state index contributed by atoms with van der Waals surface area (Å²) in [5, 5.41) is 2.96. The van der Waals surface area contributed by atoms with E-state index in [1.807, 2.05) is 48.5 Å². The van der Waals surface area contributed by atoms with Crippen LogP contribution in [0.15, 0.2) is 53.0 Å². The van der Waals surface area contributed by atoms with Crippen LogP contribution in [0.4, 0.5) is 5.69 Å². The van der Waals surface area contributed by atoms with E-state index < -0.39 is 7.52 Å². The zero-order chi connectivity index (χ0) is 15.5. The van der Waals surface area contributed by atoms with Crippen molar-refractivity contribution in [3.63, 3.8) is 0 Å². The van der Waals surface area contributed by atoms with Gasteiger partial charge in [0.1, 0.15) is 5.75 Å². The molecule has 112 valence electrons. The lowest BCUT2D eigenvalue weighted by Crippen LogP contribution is -2.02. The van der Waals surface area contributed by atoms with Gasteiger partial charge in [-0.15, -0.1) is 0 Å². The van der Waals surface area contributed by atoms with E-state index in [9.17, 15) is 4.57 Å². The van der Waals surface area contributed by atoms with E-state index in [1.165, 1.54) is 5.56 Å². The van der Waals surface area contributed by atoms with Gasteiger partial charge in [0.05, 0.1) is 5.69 Å². The van der Waals surface area contributed by atoms with E-state index in [0.29, 0.717) is 11.7 Å². The fraction of sp³-hybridized carbons (Fsp3) is 0.250. The summed E-state index contributed by atoms with van der Waals surface area (Å²) in [6.07, 6.45) is 0. The first kappa shape index (κ1) is 16.1. The van der Waals surface area contributed by atoms with Crippen molar-refractivity contribution in [3.8, 4) is 5.75 Å². The highest BCUT2D eigenvalue weighted by atomic mass is 79.9. The first-order valence-electron chi connectivity index (χ1n) is 6.77. The van der Waals surface area contributed by atoms with Crippen LogP contribution < -0.4 is 9.61 Å². The van der Waals surface area contributed by atoms with Crippen LogP contribution in [0.5, 0.6) is 5.75 Å². The number of anilines is 1. The third-order valence-electron chi connectivity index (χ3n) is 3.02. The van der Waals surface area contributed by atoms with Crippen LogP contribution in [-0.2, 0) is 4.57 Å². The van der Waals surface area contributed by atoms with Crippen molar-refractivity contribution in [2.24, 2.45) is 0 Å². The average Bonchev–Trinajstić information content (AvgIpc) is 2.41. The van der Waals surface area contributed by atoms with E-state index in [1.54, 1.807) is 6.66 Å². The van der Waals surface area contributed by atoms with Gasteiger partial charge in [0.2, 0.25) is 0 Å². The molecular formula is C16H19BrNO2P. The average molecular weight is 368 g/mol. The van der Waals surface area contributed by atoms with Crippen LogP contribution in [0.3, 0.4) is 0 Å². The first-order valence-corrected chi connectivity index (χ1v) is 9.64. The molecule has 0 aliphatic rings. The Balaban J connectivity index is 2.10. The summed E-state index contributed by atoms with van der Waals surface area (Å²) in [6.45, 7) is 5.84. The van der Waals surface area contributed by atoms with Crippen molar-refractivity contribution < 1.29 is 9.09 Å². The molecule has 0 saturated carbocycles. The number of para-hydroxylation sites is 1. The largest absolute Gasteiger partial charge is 0.429 e. The Morgan fingerprint density at radius 1 is 1.10 bits per heavy atom. The first-order chi connectivity index (χ1) is 9.87. The minimum Gasteiger partial charge on any atom is -0.429 e. The molecule has 1 N–H and O–H groups in total. The summed E-state index contributed by atoms with van der Waals surface area (Å²) in [4.78, 5) is 0. The lowest BCUT2D eigenvalue weighted by atomic mass is 10.0. The van der Waals surface area contributed by atoms with E-state index >= 15 is 0 Å². The van der Waals surface area contributed by atoms with Crippen LogP contribution in [0.1, 0.15) is 25.3 Å². The summed E-state index contributed by atoms with van der Waals surface area (Å²) in [7, 11) is -2.98. The van der Waals surface area contributed by atoms with Gasteiger partial charge in [-0.25, -0.2) is 0 Å². The zero-order valence-electron chi connectivity index (χ0n) is 12.3. The number of nitrogens with one attached hydrogen (secondary N) is 1. The molecule has 0 aliphatic heterocycles. The van der Waals surface area contributed by atoms with Gasteiger partial charge in [-0.2, -0.15) is 0 Å². The Morgan fingerprint density at radius 2 is 1.71 bits per heavy atom. The smallest absolute Gasteiger partial charge is 0.338 e. The van der Waals surface area contributed by atoms with Crippen molar-refractivity contribution in [1.29, 1.82) is 0 Å². The Kier molecular flexibility index (Phi) is 5.13. The van der Waals surface area contributed by atoms with Crippen molar-refractivity contribution in [1.82, 2.24) is 0 Å². The Bertz CT molecular complexity index is 656. The van der Waals surface area contributed by atoms with Gasteiger partial charge in [-0.3, -0.25) is 4.57 Å². The van der Waals surface area contributed by atoms with Crippen molar-refractivity contribution in [2.45, 2.75) is 19.8 Å². The number of rotatable bonds is 5. The second kappa shape index (κ2) is 6.67. The minimum absolute atomic E-state index is 0.464. The van der Waals surface area contributed by atoms with Crippen LogP contribution >= 0.6 is 23.4 Å². The Labute approximate surface area is 134 Å². The van der Waals surface area contributed by atoms with Gasteiger partial charge < -0.3 is 9.61 Å². The second-order valence-corrected chi connectivity index (χ2v) is 8.20. The van der Waals surface area contributed by atoms with Crippen molar-refractivity contribution in [3.05, 3.63) is 58.6 Å².